The summed E-state index contributed by atoms with van der Waals surface area (Å²) in [6.07, 6.45) is 2.51. The van der Waals surface area contributed by atoms with Gasteiger partial charge in [-0.15, -0.1) is 0 Å². The van der Waals surface area contributed by atoms with Gasteiger partial charge in [0, 0.05) is 19.3 Å². The van der Waals surface area contributed by atoms with E-state index in [4.69, 9.17) is 0 Å². The van der Waals surface area contributed by atoms with Crippen LogP contribution in [0.15, 0.2) is 12.3 Å². The Labute approximate surface area is 57.4 Å². The summed E-state index contributed by atoms with van der Waals surface area (Å²) in [7, 11) is 2.12. The van der Waals surface area contributed by atoms with Crippen LogP contribution in [-0.2, 0) is 0 Å². The van der Waals surface area contributed by atoms with Gasteiger partial charge in [-0.25, -0.2) is 0 Å². The minimum Gasteiger partial charge on any atom is -0.378 e. The van der Waals surface area contributed by atoms with Crippen LogP contribution in [0.4, 0.5) is 0 Å². The molecule has 1 heterocycles. The second kappa shape index (κ2) is 2.42. The number of piperidine rings is 1. The Kier molecular flexibility index (Phi) is 1.79. The molecule has 1 rings (SSSR count). The van der Waals surface area contributed by atoms with Gasteiger partial charge in [-0.2, -0.15) is 0 Å². The van der Waals surface area contributed by atoms with Crippen LogP contribution >= 0.6 is 0 Å². The van der Waals surface area contributed by atoms with Crippen LogP contribution in [0.2, 0.25) is 0 Å². The summed E-state index contributed by atoms with van der Waals surface area (Å²) in [5.74, 6) is 0.862. The number of allylic oxidation sites excluding steroid dienone is 1. The minimum absolute atomic E-state index is 0.862. The molecule has 0 saturated carbocycles. The molecule has 1 heteroatoms. The molecule has 1 nitrogen and oxygen atoms in total. The molecule has 0 aromatic heterocycles. The number of rotatable bonds is 0. The highest BCUT2D eigenvalue weighted by Gasteiger charge is 2.14. The second-order valence-corrected chi connectivity index (χ2v) is 3.09. The molecule has 0 aromatic rings. The zero-order valence-electron chi connectivity index (χ0n) is 6.35. The summed E-state index contributed by atoms with van der Waals surface area (Å²) >= 11 is 0. The molecule has 9 heavy (non-hydrogen) atoms. The third-order valence-electron chi connectivity index (χ3n) is 2.05. The molecule has 0 bridgehead atoms. The van der Waals surface area contributed by atoms with Gasteiger partial charge in [0.2, 0.25) is 0 Å². The number of likely N-dealkylation sites (tertiary alicyclic amines) is 1. The average Bonchev–Trinajstić information content (AvgIpc) is 1.80. The first-order chi connectivity index (χ1) is 4.20. The maximum atomic E-state index is 3.96. The van der Waals surface area contributed by atoms with Crippen molar-refractivity contribution in [3.05, 3.63) is 12.3 Å². The summed E-state index contributed by atoms with van der Waals surface area (Å²) in [6, 6.07) is 0. The maximum Gasteiger partial charge on any atom is 0.0197 e. The first kappa shape index (κ1) is 6.66. The van der Waals surface area contributed by atoms with Crippen molar-refractivity contribution in [2.45, 2.75) is 19.8 Å². The van der Waals surface area contributed by atoms with E-state index < -0.39 is 0 Å². The van der Waals surface area contributed by atoms with Gasteiger partial charge in [-0.1, -0.05) is 13.5 Å². The highest BCUT2D eigenvalue weighted by Crippen LogP contribution is 2.20. The lowest BCUT2D eigenvalue weighted by molar-refractivity contribution is 0.279. The predicted molar refractivity (Wildman–Crippen MR) is 40.2 cm³/mol. The average molecular weight is 125 g/mol. The molecular weight excluding hydrogens is 110 g/mol. The molecular formula is C8H15N. The van der Waals surface area contributed by atoms with Crippen molar-refractivity contribution in [3.8, 4) is 0 Å². The zero-order chi connectivity index (χ0) is 6.85. The van der Waals surface area contributed by atoms with Crippen molar-refractivity contribution in [1.82, 2.24) is 4.90 Å². The molecule has 0 radical (unpaired) electrons. The van der Waals surface area contributed by atoms with Gasteiger partial charge in [-0.3, -0.25) is 0 Å². The molecule has 1 aliphatic heterocycles. The van der Waals surface area contributed by atoms with E-state index in [1.165, 1.54) is 25.1 Å². The van der Waals surface area contributed by atoms with E-state index >= 15 is 0 Å². The van der Waals surface area contributed by atoms with E-state index in [1.807, 2.05) is 0 Å². The van der Waals surface area contributed by atoms with E-state index in [0.717, 1.165) is 5.92 Å². The van der Waals surface area contributed by atoms with Gasteiger partial charge in [0.25, 0.3) is 0 Å². The first-order valence-corrected chi connectivity index (χ1v) is 3.59. The molecule has 1 atom stereocenters. The Balaban J connectivity index is 2.44. The largest absolute Gasteiger partial charge is 0.378 e. The van der Waals surface area contributed by atoms with Crippen molar-refractivity contribution >= 4 is 0 Å². The Hall–Kier alpha value is -0.460. The topological polar surface area (TPSA) is 3.24 Å². The monoisotopic (exact) mass is 125 g/mol. The van der Waals surface area contributed by atoms with E-state index in [-0.39, 0.29) is 0 Å². The van der Waals surface area contributed by atoms with Crippen molar-refractivity contribution in [2.24, 2.45) is 5.92 Å². The van der Waals surface area contributed by atoms with Crippen LogP contribution in [0, 0.1) is 5.92 Å². The Morgan fingerprint density at radius 2 is 2.33 bits per heavy atom. The van der Waals surface area contributed by atoms with E-state index in [1.54, 1.807) is 0 Å². The number of hydrogen-bond donors (Lipinski definition) is 0. The Morgan fingerprint density at radius 3 is 2.78 bits per heavy atom. The summed E-state index contributed by atoms with van der Waals surface area (Å²) in [5, 5.41) is 0. The van der Waals surface area contributed by atoms with E-state index in [9.17, 15) is 0 Å². The molecule has 1 fully saturated rings. The number of hydrogen-bond acceptors (Lipinski definition) is 1. The lowest BCUT2D eigenvalue weighted by Crippen LogP contribution is -2.28. The van der Waals surface area contributed by atoms with Crippen LogP contribution in [0.25, 0.3) is 0 Å². The van der Waals surface area contributed by atoms with Crippen molar-refractivity contribution in [1.29, 1.82) is 0 Å². The van der Waals surface area contributed by atoms with Crippen molar-refractivity contribution in [2.75, 3.05) is 13.6 Å². The lowest BCUT2D eigenvalue weighted by Gasteiger charge is -2.30. The summed E-state index contributed by atoms with van der Waals surface area (Å²) < 4.78 is 0. The molecule has 0 aliphatic carbocycles. The van der Waals surface area contributed by atoms with Crippen LogP contribution in [-0.4, -0.2) is 18.5 Å². The lowest BCUT2D eigenvalue weighted by atomic mass is 9.99. The quantitative estimate of drug-likeness (QED) is 0.477. The van der Waals surface area contributed by atoms with E-state index in [0.29, 0.717) is 0 Å². The first-order valence-electron chi connectivity index (χ1n) is 3.59. The predicted octanol–water partition coefficient (Wildman–Crippen LogP) is 1.86. The fourth-order valence-electron chi connectivity index (χ4n) is 1.29. The normalized spacial score (nSPS) is 28.9. The van der Waals surface area contributed by atoms with Gasteiger partial charge >= 0.3 is 0 Å². The van der Waals surface area contributed by atoms with Crippen molar-refractivity contribution in [3.63, 3.8) is 0 Å². The smallest absolute Gasteiger partial charge is 0.0197 e. The third kappa shape index (κ3) is 1.47. The zero-order valence-corrected chi connectivity index (χ0v) is 6.35. The van der Waals surface area contributed by atoms with Gasteiger partial charge in [-0.05, 0) is 18.8 Å². The molecule has 0 unspecified atom stereocenters. The Morgan fingerprint density at radius 1 is 1.67 bits per heavy atom. The molecule has 1 saturated heterocycles. The maximum absolute atomic E-state index is 3.96. The molecule has 52 valence electrons. The van der Waals surface area contributed by atoms with Crippen LogP contribution in [0.3, 0.4) is 0 Å². The fourth-order valence-corrected chi connectivity index (χ4v) is 1.29. The van der Waals surface area contributed by atoms with Crippen LogP contribution < -0.4 is 0 Å². The fraction of sp³-hybridized carbons (Fsp3) is 0.750. The van der Waals surface area contributed by atoms with E-state index in [2.05, 4.69) is 25.5 Å². The molecule has 0 N–H and O–H groups in total. The van der Waals surface area contributed by atoms with Crippen LogP contribution in [0.1, 0.15) is 19.8 Å². The highest BCUT2D eigenvalue weighted by molar-refractivity contribution is 4.96. The molecule has 0 amide bonds. The highest BCUT2D eigenvalue weighted by atomic mass is 15.1. The summed E-state index contributed by atoms with van der Waals surface area (Å²) in [4.78, 5) is 2.26. The van der Waals surface area contributed by atoms with Gasteiger partial charge in [0.1, 0.15) is 0 Å². The molecule has 0 aromatic carbocycles. The van der Waals surface area contributed by atoms with Gasteiger partial charge < -0.3 is 4.90 Å². The standard InChI is InChI=1S/C8H15N/c1-7-4-5-8(2)9(3)6-7/h7H,2,4-6H2,1,3H3/t7-/m0/s1. The molecule has 0 spiro atoms. The number of nitrogens with zero attached hydrogens (tertiary/aromatic N) is 1. The SMILES string of the molecule is C=C1CC[C@H](C)CN1C. The summed E-state index contributed by atoms with van der Waals surface area (Å²) in [6.45, 7) is 7.44. The molecule has 1 aliphatic rings. The van der Waals surface area contributed by atoms with Crippen molar-refractivity contribution < 1.29 is 0 Å². The third-order valence-corrected chi connectivity index (χ3v) is 2.05. The Bertz CT molecular complexity index is 118. The van der Waals surface area contributed by atoms with Gasteiger partial charge in [0.15, 0.2) is 0 Å². The van der Waals surface area contributed by atoms with Gasteiger partial charge in [0.05, 0.1) is 0 Å². The van der Waals surface area contributed by atoms with Crippen LogP contribution in [0.5, 0.6) is 0 Å². The summed E-state index contributed by atoms with van der Waals surface area (Å²) in [5.41, 5.74) is 1.30. The minimum atomic E-state index is 0.862. The second-order valence-electron chi connectivity index (χ2n) is 3.09.